The summed E-state index contributed by atoms with van der Waals surface area (Å²) in [5.74, 6) is 0.463. The van der Waals surface area contributed by atoms with Gasteiger partial charge in [-0.2, -0.15) is 0 Å². The molecule has 3 aromatic rings. The van der Waals surface area contributed by atoms with E-state index in [-0.39, 0.29) is 11.4 Å². The first-order valence-electron chi connectivity index (χ1n) is 5.89. The highest BCUT2D eigenvalue weighted by atomic mass is 16.6. The van der Waals surface area contributed by atoms with E-state index >= 15 is 0 Å². The molecule has 0 radical (unpaired) electrons. The molecule has 0 aliphatic carbocycles. The minimum atomic E-state index is -0.495. The molecule has 0 unspecified atom stereocenters. The van der Waals surface area contributed by atoms with Crippen molar-refractivity contribution >= 4 is 17.1 Å². The summed E-state index contributed by atoms with van der Waals surface area (Å²) in [5.41, 5.74) is 1.02. The summed E-state index contributed by atoms with van der Waals surface area (Å²) in [7, 11) is 0. The van der Waals surface area contributed by atoms with Crippen LogP contribution in [0.4, 0.5) is 11.4 Å². The van der Waals surface area contributed by atoms with Crippen LogP contribution >= 0.6 is 0 Å². The molecule has 0 aliphatic rings. The number of hydrogen-bond donors (Lipinski definition) is 0. The zero-order valence-electron chi connectivity index (χ0n) is 10.5. The topological polar surface area (TPSA) is 104 Å². The van der Waals surface area contributed by atoms with E-state index in [9.17, 15) is 20.2 Å². The van der Waals surface area contributed by atoms with E-state index in [0.29, 0.717) is 17.0 Å². The van der Waals surface area contributed by atoms with Gasteiger partial charge in [0.25, 0.3) is 11.9 Å². The van der Waals surface area contributed by atoms with Gasteiger partial charge in [0.1, 0.15) is 0 Å². The summed E-state index contributed by atoms with van der Waals surface area (Å²) >= 11 is 0. The number of aromatic nitrogens is 1. The molecule has 8 heteroatoms. The summed E-state index contributed by atoms with van der Waals surface area (Å²) in [5, 5.41) is 21.3. The van der Waals surface area contributed by atoms with Gasteiger partial charge in [0.2, 0.25) is 12.0 Å². The van der Waals surface area contributed by atoms with Gasteiger partial charge in [0.05, 0.1) is 15.9 Å². The molecular weight excluding hydrogens is 278 g/mol. The van der Waals surface area contributed by atoms with Crippen LogP contribution in [0.25, 0.3) is 17.0 Å². The van der Waals surface area contributed by atoms with Crippen LogP contribution in [0.2, 0.25) is 0 Å². The molecule has 0 amide bonds. The Morgan fingerprint density at radius 1 is 0.857 bits per heavy atom. The maximum atomic E-state index is 10.7. The van der Waals surface area contributed by atoms with Gasteiger partial charge < -0.3 is 4.42 Å². The molecule has 0 bridgehead atoms. The second-order valence-corrected chi connectivity index (χ2v) is 4.29. The molecular formula is C13H8N3O5+. The van der Waals surface area contributed by atoms with Crippen molar-refractivity contribution in [2.75, 3.05) is 0 Å². The van der Waals surface area contributed by atoms with Crippen molar-refractivity contribution in [3.05, 3.63) is 69.0 Å². The van der Waals surface area contributed by atoms with Gasteiger partial charge in [0, 0.05) is 23.8 Å². The van der Waals surface area contributed by atoms with Crippen LogP contribution in [-0.2, 0) is 0 Å². The average Bonchev–Trinajstić information content (AvgIpc) is 2.90. The molecule has 3 rings (SSSR count). The molecule has 0 atom stereocenters. The lowest BCUT2D eigenvalue weighted by Crippen LogP contribution is -2.17. The van der Waals surface area contributed by atoms with E-state index in [4.69, 9.17) is 4.42 Å². The maximum absolute atomic E-state index is 10.7. The predicted molar refractivity (Wildman–Crippen MR) is 70.6 cm³/mol. The quantitative estimate of drug-likeness (QED) is 0.418. The van der Waals surface area contributed by atoms with Gasteiger partial charge in [0.15, 0.2) is 0 Å². The van der Waals surface area contributed by atoms with E-state index in [0.717, 1.165) is 0 Å². The summed E-state index contributed by atoms with van der Waals surface area (Å²) in [6.07, 6.45) is 2.93. The molecule has 0 N–H and O–H groups in total. The van der Waals surface area contributed by atoms with E-state index in [2.05, 4.69) is 0 Å². The van der Waals surface area contributed by atoms with E-state index < -0.39 is 9.85 Å². The van der Waals surface area contributed by atoms with Gasteiger partial charge in [-0.25, -0.2) is 0 Å². The fourth-order valence-electron chi connectivity index (χ4n) is 1.93. The maximum Gasteiger partial charge on any atom is 0.379 e. The first-order chi connectivity index (χ1) is 10.0. The second kappa shape index (κ2) is 4.67. The van der Waals surface area contributed by atoms with Crippen molar-refractivity contribution in [3.8, 4) is 11.3 Å². The number of benzene rings is 1. The van der Waals surface area contributed by atoms with E-state index in [1.54, 1.807) is 18.3 Å². The van der Waals surface area contributed by atoms with Crippen molar-refractivity contribution in [1.82, 2.24) is 0 Å². The number of non-ortho nitro benzene ring substituents is 1. The summed E-state index contributed by atoms with van der Waals surface area (Å²) in [6, 6.07) is 8.70. The predicted octanol–water partition coefficient (Wildman–Crippen LogP) is 2.50. The van der Waals surface area contributed by atoms with Crippen molar-refractivity contribution in [1.29, 1.82) is 0 Å². The Morgan fingerprint density at radius 2 is 1.48 bits per heavy atom. The Morgan fingerprint density at radius 3 is 2.10 bits per heavy atom. The summed E-state index contributed by atoms with van der Waals surface area (Å²) < 4.78 is 7.05. The first-order valence-corrected chi connectivity index (χ1v) is 5.89. The number of rotatable bonds is 3. The first kappa shape index (κ1) is 12.7. The van der Waals surface area contributed by atoms with Crippen molar-refractivity contribution < 1.29 is 18.7 Å². The molecule has 1 aromatic carbocycles. The number of nitro groups is 2. The van der Waals surface area contributed by atoms with Crippen molar-refractivity contribution in [2.24, 2.45) is 0 Å². The minimum Gasteiger partial charge on any atom is -0.398 e. The summed E-state index contributed by atoms with van der Waals surface area (Å²) in [4.78, 5) is 20.3. The highest BCUT2D eigenvalue weighted by Crippen LogP contribution is 2.23. The summed E-state index contributed by atoms with van der Waals surface area (Å²) in [6.45, 7) is 0. The number of pyridine rings is 1. The van der Waals surface area contributed by atoms with Crippen LogP contribution in [0.15, 0.2) is 53.2 Å². The Hall–Kier alpha value is -3.29. The molecule has 8 nitrogen and oxygen atoms in total. The third-order valence-electron chi connectivity index (χ3n) is 2.97. The molecule has 104 valence electrons. The van der Waals surface area contributed by atoms with Crippen LogP contribution in [0.5, 0.6) is 0 Å². The van der Waals surface area contributed by atoms with Crippen molar-refractivity contribution in [2.45, 2.75) is 0 Å². The lowest BCUT2D eigenvalue weighted by atomic mass is 10.2. The lowest BCUT2D eigenvalue weighted by Gasteiger charge is -1.93. The molecule has 0 saturated heterocycles. The van der Waals surface area contributed by atoms with Gasteiger partial charge in [-0.05, 0) is 12.1 Å². The van der Waals surface area contributed by atoms with Crippen LogP contribution in [0.1, 0.15) is 0 Å². The van der Waals surface area contributed by atoms with Gasteiger partial charge in [-0.3, -0.25) is 20.2 Å². The highest BCUT2D eigenvalue weighted by molar-refractivity contribution is 5.59. The molecule has 0 spiro atoms. The number of fused-ring (bicyclic) bond motifs is 1. The largest absolute Gasteiger partial charge is 0.398 e. The molecule has 2 heterocycles. The molecule has 0 saturated carbocycles. The van der Waals surface area contributed by atoms with Crippen LogP contribution in [0, 0.1) is 20.2 Å². The van der Waals surface area contributed by atoms with Gasteiger partial charge in [-0.15, -0.1) is 4.40 Å². The fourth-order valence-corrected chi connectivity index (χ4v) is 1.93. The molecule has 0 aliphatic heterocycles. The highest BCUT2D eigenvalue weighted by Gasteiger charge is 2.18. The number of nitro benzene ring substituents is 1. The van der Waals surface area contributed by atoms with Gasteiger partial charge in [-0.1, -0.05) is 0 Å². The molecule has 21 heavy (non-hydrogen) atoms. The Labute approximate surface area is 117 Å². The average molecular weight is 286 g/mol. The third kappa shape index (κ3) is 2.29. The zero-order valence-corrected chi connectivity index (χ0v) is 10.5. The fraction of sp³-hybridized carbons (Fsp3) is 0. The Balaban J connectivity index is 2.04. The SMILES string of the molecule is O=[N+]([O-])c1ccc(-c2c[n+]3cc([N+](=O)[O-])ccc3o2)cc1. The minimum absolute atomic E-state index is 0.0156. The monoisotopic (exact) mass is 286 g/mol. The smallest absolute Gasteiger partial charge is 0.379 e. The number of oxazole rings is 1. The van der Waals surface area contributed by atoms with Crippen LogP contribution in [0.3, 0.4) is 0 Å². The number of nitrogens with zero attached hydrogens (tertiary/aromatic N) is 3. The lowest BCUT2D eigenvalue weighted by molar-refractivity contribution is -0.521. The number of hydrogen-bond acceptors (Lipinski definition) is 5. The van der Waals surface area contributed by atoms with Gasteiger partial charge >= 0.3 is 11.4 Å². The zero-order chi connectivity index (χ0) is 15.0. The van der Waals surface area contributed by atoms with Crippen LogP contribution in [-0.4, -0.2) is 9.85 Å². The van der Waals surface area contributed by atoms with Crippen molar-refractivity contribution in [3.63, 3.8) is 0 Å². The Kier molecular flexibility index (Phi) is 2.83. The Bertz CT molecular complexity index is 854. The van der Waals surface area contributed by atoms with Crippen LogP contribution < -0.4 is 4.40 Å². The standard InChI is InChI=1S/C13H8N3O5/c17-15(18)10-3-1-9(2-4-10)12-8-14-7-11(16(19)20)5-6-13(14)21-12/h1-8H/q+1. The van der Waals surface area contributed by atoms with E-state index in [1.807, 2.05) is 0 Å². The second-order valence-electron chi connectivity index (χ2n) is 4.29. The third-order valence-corrected chi connectivity index (χ3v) is 2.97. The normalized spacial score (nSPS) is 10.7. The molecule has 2 aromatic heterocycles. The van der Waals surface area contributed by atoms with E-state index in [1.165, 1.54) is 34.9 Å². The molecule has 0 fully saturated rings.